The van der Waals surface area contributed by atoms with Crippen molar-refractivity contribution < 1.29 is 61.6 Å². The summed E-state index contributed by atoms with van der Waals surface area (Å²) in [7, 11) is 0. The van der Waals surface area contributed by atoms with E-state index in [2.05, 4.69) is 5.32 Å². The molecule has 38 heavy (non-hydrogen) atoms. The van der Waals surface area contributed by atoms with Crippen LogP contribution in [0.1, 0.15) is 33.0 Å². The van der Waals surface area contributed by atoms with Crippen molar-refractivity contribution in [2.45, 2.75) is 31.5 Å². The van der Waals surface area contributed by atoms with E-state index in [1.807, 2.05) is 0 Å². The van der Waals surface area contributed by atoms with Gasteiger partial charge in [0.2, 0.25) is 5.91 Å². The van der Waals surface area contributed by atoms with Gasteiger partial charge in [0.1, 0.15) is 16.8 Å². The van der Waals surface area contributed by atoms with Crippen LogP contribution in [0.2, 0.25) is 0 Å². The number of aliphatic carboxylic acids is 3. The van der Waals surface area contributed by atoms with E-state index in [-0.39, 0.29) is 34.9 Å². The number of carboxylic acids is 3. The second kappa shape index (κ2) is 13.7. The second-order valence-electron chi connectivity index (χ2n) is 7.07. The number of carbonyl (C=O) groups is 5. The number of halogens is 4. The highest BCUT2D eigenvalue weighted by Gasteiger charge is 2.38. The smallest absolute Gasteiger partial charge is 0.481 e. The van der Waals surface area contributed by atoms with Crippen LogP contribution in [0.25, 0.3) is 0 Å². The Hall–Kier alpha value is -4.54. The lowest BCUT2D eigenvalue weighted by atomic mass is 10.2. The van der Waals surface area contributed by atoms with Gasteiger partial charge >= 0.3 is 30.1 Å². The lowest BCUT2D eigenvalue weighted by molar-refractivity contribution is -0.192. The largest absolute Gasteiger partial charge is 0.490 e. The monoisotopic (exact) mass is 565 g/mol. The number of rotatable bonds is 10. The minimum absolute atomic E-state index is 0.125. The Bertz CT molecular complexity index is 1230. The van der Waals surface area contributed by atoms with E-state index in [4.69, 9.17) is 36.0 Å². The molecule has 0 aliphatic carbocycles. The first-order chi connectivity index (χ1) is 17.5. The van der Waals surface area contributed by atoms with E-state index in [1.165, 1.54) is 18.2 Å². The minimum atomic E-state index is -5.08. The molecule has 0 unspecified atom stereocenters. The minimum Gasteiger partial charge on any atom is -0.481 e. The molecule has 0 radical (unpaired) electrons. The summed E-state index contributed by atoms with van der Waals surface area (Å²) in [5.41, 5.74) is 5.41. The SMILES string of the molecule is N=C(N)c1ccc(OC(=O)c2ccc(CCC(=O)N[C@@H](CC(=O)O)C(=O)O)s2)c(F)c1.O=C(O)C(F)(F)F. The van der Waals surface area contributed by atoms with Crippen LogP contribution < -0.4 is 15.8 Å². The second-order valence-corrected chi connectivity index (χ2v) is 8.24. The molecule has 1 amide bonds. The number of esters is 1. The summed E-state index contributed by atoms with van der Waals surface area (Å²) in [6.07, 6.45) is -5.79. The average Bonchev–Trinajstić information content (AvgIpc) is 3.27. The molecule has 0 saturated heterocycles. The summed E-state index contributed by atoms with van der Waals surface area (Å²) < 4.78 is 50.7. The molecule has 206 valence electrons. The van der Waals surface area contributed by atoms with Crippen LogP contribution in [0.4, 0.5) is 17.6 Å². The van der Waals surface area contributed by atoms with Gasteiger partial charge in [-0.1, -0.05) is 0 Å². The van der Waals surface area contributed by atoms with E-state index in [9.17, 15) is 36.7 Å². The first-order valence-electron chi connectivity index (χ1n) is 10.00. The molecule has 0 saturated carbocycles. The van der Waals surface area contributed by atoms with Gasteiger partial charge in [-0.15, -0.1) is 11.3 Å². The van der Waals surface area contributed by atoms with Gasteiger partial charge in [-0.2, -0.15) is 13.2 Å². The summed E-state index contributed by atoms with van der Waals surface area (Å²) in [5, 5.41) is 34.1. The zero-order valence-corrected chi connectivity index (χ0v) is 19.7. The van der Waals surface area contributed by atoms with Gasteiger partial charge in [0.25, 0.3) is 0 Å². The van der Waals surface area contributed by atoms with Crippen LogP contribution in [0, 0.1) is 11.2 Å². The lowest BCUT2D eigenvalue weighted by Crippen LogP contribution is -2.42. The molecule has 2 rings (SSSR count). The van der Waals surface area contributed by atoms with Crippen LogP contribution in [0.3, 0.4) is 0 Å². The summed E-state index contributed by atoms with van der Waals surface area (Å²) >= 11 is 1.01. The fourth-order valence-corrected chi connectivity index (χ4v) is 3.28. The fourth-order valence-electron chi connectivity index (χ4n) is 2.40. The van der Waals surface area contributed by atoms with Gasteiger partial charge in [-0.05, 0) is 36.8 Å². The maximum atomic E-state index is 14.0. The zero-order valence-electron chi connectivity index (χ0n) is 18.9. The van der Waals surface area contributed by atoms with Gasteiger partial charge in [0.15, 0.2) is 11.6 Å². The molecule has 12 nitrogen and oxygen atoms in total. The van der Waals surface area contributed by atoms with Crippen molar-refractivity contribution in [3.8, 4) is 5.75 Å². The first-order valence-corrected chi connectivity index (χ1v) is 10.8. The van der Waals surface area contributed by atoms with Crippen molar-refractivity contribution >= 4 is 47.0 Å². The van der Waals surface area contributed by atoms with E-state index in [0.717, 1.165) is 17.4 Å². The van der Waals surface area contributed by atoms with Crippen LogP contribution in [0.15, 0.2) is 30.3 Å². The number of hydrogen-bond acceptors (Lipinski definition) is 8. The summed E-state index contributed by atoms with van der Waals surface area (Å²) in [6, 6.07) is 4.95. The summed E-state index contributed by atoms with van der Waals surface area (Å²) in [6.45, 7) is 0. The van der Waals surface area contributed by atoms with Crippen LogP contribution in [-0.2, 0) is 25.6 Å². The van der Waals surface area contributed by atoms with E-state index in [0.29, 0.717) is 4.88 Å². The normalized spacial score (nSPS) is 11.4. The van der Waals surface area contributed by atoms with Crippen molar-refractivity contribution in [3.05, 3.63) is 51.5 Å². The maximum Gasteiger partial charge on any atom is 0.490 e. The van der Waals surface area contributed by atoms with Gasteiger partial charge < -0.3 is 31.1 Å². The number of benzene rings is 1. The standard InChI is InChI=1S/C19H18FN3O7S.C2HF3O2/c20-11-7-9(17(21)22)1-4-13(11)30-19(29)14-5-2-10(31-14)3-6-15(24)23-12(18(27)28)8-16(25)26;3-2(4,5)1(6)7/h1-2,4-5,7,12H,3,6,8H2,(H3,21,22)(H,23,24)(H,25,26)(H,27,28);(H,6,7)/t12-;/m0./s1. The molecule has 1 aromatic heterocycles. The number of amides is 1. The number of nitrogens with one attached hydrogen (secondary N) is 2. The highest BCUT2D eigenvalue weighted by Crippen LogP contribution is 2.23. The van der Waals surface area contributed by atoms with Gasteiger partial charge in [-0.25, -0.2) is 18.8 Å². The third-order valence-electron chi connectivity index (χ3n) is 4.16. The number of ether oxygens (including phenoxy) is 1. The lowest BCUT2D eigenvalue weighted by Gasteiger charge is -2.11. The highest BCUT2D eigenvalue weighted by molar-refractivity contribution is 7.13. The predicted octanol–water partition coefficient (Wildman–Crippen LogP) is 2.00. The van der Waals surface area contributed by atoms with E-state index in [1.54, 1.807) is 6.07 Å². The average molecular weight is 565 g/mol. The van der Waals surface area contributed by atoms with Crippen LogP contribution in [-0.4, -0.2) is 63.2 Å². The Kier molecular flexibility index (Phi) is 11.3. The molecule has 0 fully saturated rings. The predicted molar refractivity (Wildman–Crippen MR) is 121 cm³/mol. The number of hydrogen-bond donors (Lipinski definition) is 6. The van der Waals surface area contributed by atoms with Crippen molar-refractivity contribution in [2.24, 2.45) is 5.73 Å². The Morgan fingerprint density at radius 1 is 1.08 bits per heavy atom. The van der Waals surface area contributed by atoms with Crippen molar-refractivity contribution in [1.29, 1.82) is 5.41 Å². The molecular formula is C21H19F4N3O9S. The number of carbonyl (C=O) groups excluding carboxylic acids is 2. The third-order valence-corrected chi connectivity index (χ3v) is 5.29. The molecular weight excluding hydrogens is 546 g/mol. The summed E-state index contributed by atoms with van der Waals surface area (Å²) in [5.74, 6) is -8.57. The topological polar surface area (TPSA) is 217 Å². The Morgan fingerprint density at radius 2 is 1.68 bits per heavy atom. The Morgan fingerprint density at radius 3 is 2.16 bits per heavy atom. The molecule has 1 atom stereocenters. The fraction of sp³-hybridized carbons (Fsp3) is 0.238. The molecule has 7 N–H and O–H groups in total. The molecule has 2 aromatic rings. The number of nitrogen functional groups attached to an aromatic ring is 1. The van der Waals surface area contributed by atoms with Crippen molar-refractivity contribution in [2.75, 3.05) is 0 Å². The zero-order chi connectivity index (χ0) is 29.2. The number of alkyl halides is 3. The number of carboxylic acid groups (broad SMARTS) is 3. The number of nitrogens with two attached hydrogens (primary N) is 1. The van der Waals surface area contributed by atoms with Gasteiger partial charge in [0.05, 0.1) is 6.42 Å². The Balaban J connectivity index is 0.000000905. The van der Waals surface area contributed by atoms with Gasteiger partial charge in [-0.3, -0.25) is 15.0 Å². The molecule has 0 bridgehead atoms. The molecule has 0 aliphatic rings. The molecule has 0 aliphatic heterocycles. The summed E-state index contributed by atoms with van der Waals surface area (Å²) in [4.78, 5) is 55.4. The number of thiophene rings is 1. The van der Waals surface area contributed by atoms with Crippen LogP contribution >= 0.6 is 11.3 Å². The molecule has 1 aromatic carbocycles. The number of amidine groups is 1. The Labute approximate surface area is 214 Å². The van der Waals surface area contributed by atoms with Gasteiger partial charge in [0, 0.05) is 16.9 Å². The van der Waals surface area contributed by atoms with E-state index < -0.39 is 54.2 Å². The number of aryl methyl sites for hydroxylation is 1. The maximum absolute atomic E-state index is 14.0. The van der Waals surface area contributed by atoms with Crippen LogP contribution in [0.5, 0.6) is 5.75 Å². The molecule has 0 spiro atoms. The highest BCUT2D eigenvalue weighted by atomic mass is 32.1. The third kappa shape index (κ3) is 10.6. The van der Waals surface area contributed by atoms with E-state index >= 15 is 0 Å². The van der Waals surface area contributed by atoms with Crippen molar-refractivity contribution in [3.63, 3.8) is 0 Å². The quantitative estimate of drug-likeness (QED) is 0.0809. The van der Waals surface area contributed by atoms with Crippen molar-refractivity contribution in [1.82, 2.24) is 5.32 Å². The molecule has 17 heteroatoms. The molecule has 1 heterocycles. The first kappa shape index (κ1) is 31.5.